The molecule has 3 N–H and O–H groups in total. The van der Waals surface area contributed by atoms with Crippen LogP contribution in [0.5, 0.6) is 0 Å². The summed E-state index contributed by atoms with van der Waals surface area (Å²) < 4.78 is 0.742. The van der Waals surface area contributed by atoms with Gasteiger partial charge in [-0.3, -0.25) is 14.9 Å². The van der Waals surface area contributed by atoms with Crippen molar-refractivity contribution in [2.24, 2.45) is 0 Å². The number of carbonyl (C=O) groups is 1. The van der Waals surface area contributed by atoms with Gasteiger partial charge in [-0.05, 0) is 30.2 Å². The number of thiazole rings is 1. The number of anilines is 2. The Labute approximate surface area is 148 Å². The number of hydrogen-bond donors (Lipinski definition) is 2. The van der Waals surface area contributed by atoms with Gasteiger partial charge in [0.2, 0.25) is 5.91 Å². The maximum Gasteiger partial charge on any atom is 0.270 e. The maximum atomic E-state index is 10.7. The molecule has 1 amide bonds. The summed E-state index contributed by atoms with van der Waals surface area (Å²) in [7, 11) is 0. The maximum absolute atomic E-state index is 10.7. The highest BCUT2D eigenvalue weighted by molar-refractivity contribution is 7.22. The molecule has 0 atom stereocenters. The Kier molecular flexibility index (Phi) is 6.02. The van der Waals surface area contributed by atoms with Crippen LogP contribution in [0.15, 0.2) is 42.5 Å². The number of nitro benzene ring substituents is 1. The monoisotopic (exact) mass is 358 g/mol. The quantitative estimate of drug-likeness (QED) is 0.543. The normalized spacial score (nSPS) is 10.0. The molecule has 0 saturated heterocycles. The van der Waals surface area contributed by atoms with Gasteiger partial charge in [-0.2, -0.15) is 0 Å². The van der Waals surface area contributed by atoms with E-state index >= 15 is 0 Å². The van der Waals surface area contributed by atoms with Crippen molar-refractivity contribution in [2.45, 2.75) is 20.3 Å². The van der Waals surface area contributed by atoms with Crippen molar-refractivity contribution in [3.8, 4) is 0 Å². The van der Waals surface area contributed by atoms with E-state index in [-0.39, 0.29) is 11.6 Å². The van der Waals surface area contributed by atoms with Crippen LogP contribution in [0.1, 0.15) is 19.4 Å². The molecule has 0 aliphatic rings. The fourth-order valence-corrected chi connectivity index (χ4v) is 2.84. The Morgan fingerprint density at radius 3 is 2.52 bits per heavy atom. The summed E-state index contributed by atoms with van der Waals surface area (Å²) in [5.74, 6) is -0.0285. The van der Waals surface area contributed by atoms with Crippen LogP contribution < -0.4 is 11.1 Å². The first-order chi connectivity index (χ1) is 11.9. The van der Waals surface area contributed by atoms with Crippen LogP contribution in [0.2, 0.25) is 0 Å². The third-order valence-corrected chi connectivity index (χ3v) is 4.13. The van der Waals surface area contributed by atoms with Crippen molar-refractivity contribution in [3.63, 3.8) is 0 Å². The zero-order chi connectivity index (χ0) is 18.4. The van der Waals surface area contributed by atoms with Crippen molar-refractivity contribution < 1.29 is 9.72 Å². The molecule has 3 rings (SSSR count). The van der Waals surface area contributed by atoms with Crippen molar-refractivity contribution in [1.29, 1.82) is 0 Å². The van der Waals surface area contributed by atoms with Gasteiger partial charge in [-0.1, -0.05) is 30.4 Å². The SMILES string of the molecule is CCc1ccc(NC(C)=O)cc1.Nc1nc2ccc([N+](=O)[O-])cc2s1. The molecule has 130 valence electrons. The molecule has 0 aliphatic carbocycles. The van der Waals surface area contributed by atoms with Crippen LogP contribution in [0.25, 0.3) is 10.2 Å². The van der Waals surface area contributed by atoms with E-state index in [1.807, 2.05) is 24.3 Å². The minimum absolute atomic E-state index is 0.0285. The number of nitrogen functional groups attached to an aromatic ring is 1. The molecule has 1 aromatic heterocycles. The van der Waals surface area contributed by atoms with Gasteiger partial charge in [0.25, 0.3) is 5.69 Å². The van der Waals surface area contributed by atoms with E-state index in [0.717, 1.165) is 16.8 Å². The molecule has 0 saturated carbocycles. The van der Waals surface area contributed by atoms with Crippen LogP contribution in [0.4, 0.5) is 16.5 Å². The molecule has 7 nitrogen and oxygen atoms in total. The summed E-state index contributed by atoms with van der Waals surface area (Å²) in [5, 5.41) is 13.6. The molecule has 2 aromatic carbocycles. The van der Waals surface area contributed by atoms with Gasteiger partial charge in [-0.15, -0.1) is 0 Å². The van der Waals surface area contributed by atoms with Crippen molar-refractivity contribution in [3.05, 3.63) is 58.1 Å². The molecular formula is C17H18N4O3S. The third kappa shape index (κ3) is 5.25. The highest BCUT2D eigenvalue weighted by Gasteiger charge is 2.08. The summed E-state index contributed by atoms with van der Waals surface area (Å²) >= 11 is 1.25. The second-order valence-electron chi connectivity index (χ2n) is 5.19. The highest BCUT2D eigenvalue weighted by Crippen LogP contribution is 2.27. The zero-order valence-electron chi connectivity index (χ0n) is 13.9. The Morgan fingerprint density at radius 1 is 1.28 bits per heavy atom. The first kappa shape index (κ1) is 18.3. The lowest BCUT2D eigenvalue weighted by Crippen LogP contribution is -2.05. The molecule has 3 aromatic rings. The number of aryl methyl sites for hydroxylation is 1. The smallest absolute Gasteiger partial charge is 0.270 e. The van der Waals surface area contributed by atoms with Gasteiger partial charge in [0.1, 0.15) is 0 Å². The fourth-order valence-electron chi connectivity index (χ4n) is 2.07. The predicted octanol–water partition coefficient (Wildman–Crippen LogP) is 3.99. The number of nitro groups is 1. The van der Waals surface area contributed by atoms with Gasteiger partial charge in [-0.25, -0.2) is 4.98 Å². The summed E-state index contributed by atoms with van der Waals surface area (Å²) in [5.41, 5.74) is 8.36. The van der Waals surface area contributed by atoms with Crippen LogP contribution in [-0.2, 0) is 11.2 Å². The molecule has 0 bridgehead atoms. The summed E-state index contributed by atoms with van der Waals surface area (Å²) in [6.45, 7) is 3.61. The fraction of sp³-hybridized carbons (Fsp3) is 0.176. The van der Waals surface area contributed by atoms with Crippen LogP contribution in [0, 0.1) is 10.1 Å². The Hall–Kier alpha value is -3.00. The summed E-state index contributed by atoms with van der Waals surface area (Å²) in [6.07, 6.45) is 1.03. The summed E-state index contributed by atoms with van der Waals surface area (Å²) in [6, 6.07) is 12.4. The molecule has 0 aliphatic heterocycles. The predicted molar refractivity (Wildman–Crippen MR) is 101 cm³/mol. The van der Waals surface area contributed by atoms with Crippen LogP contribution in [0.3, 0.4) is 0 Å². The number of carbonyl (C=O) groups excluding carboxylic acids is 1. The first-order valence-electron chi connectivity index (χ1n) is 7.56. The Bertz CT molecular complexity index is 891. The summed E-state index contributed by atoms with van der Waals surface area (Å²) in [4.78, 5) is 24.6. The number of non-ortho nitro benzene ring substituents is 1. The number of rotatable bonds is 3. The Morgan fingerprint density at radius 2 is 1.96 bits per heavy atom. The molecule has 0 fully saturated rings. The second-order valence-corrected chi connectivity index (χ2v) is 6.26. The lowest BCUT2D eigenvalue weighted by atomic mass is 10.1. The van der Waals surface area contributed by atoms with Gasteiger partial charge in [0, 0.05) is 24.7 Å². The van der Waals surface area contributed by atoms with Gasteiger partial charge < -0.3 is 11.1 Å². The van der Waals surface area contributed by atoms with Crippen molar-refractivity contribution >= 4 is 44.0 Å². The first-order valence-corrected chi connectivity index (χ1v) is 8.37. The lowest BCUT2D eigenvalue weighted by molar-refractivity contribution is -0.384. The molecule has 8 heteroatoms. The van der Waals surface area contributed by atoms with E-state index in [0.29, 0.717) is 10.6 Å². The van der Waals surface area contributed by atoms with E-state index in [9.17, 15) is 14.9 Å². The third-order valence-electron chi connectivity index (χ3n) is 3.28. The topological polar surface area (TPSA) is 111 Å². The van der Waals surface area contributed by atoms with E-state index < -0.39 is 4.92 Å². The zero-order valence-corrected chi connectivity index (χ0v) is 14.7. The van der Waals surface area contributed by atoms with Crippen molar-refractivity contribution in [2.75, 3.05) is 11.1 Å². The molecular weight excluding hydrogens is 340 g/mol. The van der Waals surface area contributed by atoms with E-state index in [1.54, 1.807) is 6.07 Å². The van der Waals surface area contributed by atoms with Crippen LogP contribution >= 0.6 is 11.3 Å². The van der Waals surface area contributed by atoms with Gasteiger partial charge in [0.15, 0.2) is 5.13 Å². The van der Waals surface area contributed by atoms with E-state index in [1.165, 1.54) is 36.0 Å². The van der Waals surface area contributed by atoms with Crippen LogP contribution in [-0.4, -0.2) is 15.8 Å². The second kappa shape index (κ2) is 8.20. The largest absolute Gasteiger partial charge is 0.375 e. The standard InChI is InChI=1S/C10H13NO.C7H5N3O2S/c1-3-9-4-6-10(7-5-9)11-8(2)12;8-7-9-5-2-1-4(10(11)12)3-6(5)13-7/h4-7H,3H2,1-2H3,(H,11,12);1-3H,(H2,8,9). The lowest BCUT2D eigenvalue weighted by Gasteiger charge is -2.01. The molecule has 1 heterocycles. The average molecular weight is 358 g/mol. The van der Waals surface area contributed by atoms with Gasteiger partial charge >= 0.3 is 0 Å². The van der Waals surface area contributed by atoms with Gasteiger partial charge in [0.05, 0.1) is 15.1 Å². The molecule has 0 spiro atoms. The van der Waals surface area contributed by atoms with E-state index in [2.05, 4.69) is 17.2 Å². The van der Waals surface area contributed by atoms with Crippen molar-refractivity contribution in [1.82, 2.24) is 4.98 Å². The minimum Gasteiger partial charge on any atom is -0.375 e. The number of hydrogen-bond acceptors (Lipinski definition) is 6. The number of aromatic nitrogens is 1. The number of nitrogens with two attached hydrogens (primary N) is 1. The number of amides is 1. The number of nitrogens with zero attached hydrogens (tertiary/aromatic N) is 2. The average Bonchev–Trinajstić information content (AvgIpc) is 2.94. The number of fused-ring (bicyclic) bond motifs is 1. The highest BCUT2D eigenvalue weighted by atomic mass is 32.1. The number of benzene rings is 2. The number of nitrogens with one attached hydrogen (secondary N) is 1. The Balaban J connectivity index is 0.000000181. The minimum atomic E-state index is -0.435. The van der Waals surface area contributed by atoms with E-state index in [4.69, 9.17) is 5.73 Å². The molecule has 0 radical (unpaired) electrons. The molecule has 0 unspecified atom stereocenters. The molecule has 25 heavy (non-hydrogen) atoms.